The van der Waals surface area contributed by atoms with Crippen molar-refractivity contribution in [2.45, 2.75) is 52.6 Å². The molecule has 1 aliphatic carbocycles. The zero-order chi connectivity index (χ0) is 21.5. The Morgan fingerprint density at radius 2 is 1.48 bits per heavy atom. The summed E-state index contributed by atoms with van der Waals surface area (Å²) in [5.74, 6) is 2.64. The second-order valence-electron chi connectivity index (χ2n) is 8.99. The third-order valence-corrected chi connectivity index (χ3v) is 6.64. The van der Waals surface area contributed by atoms with Gasteiger partial charge in [-0.05, 0) is 77.5 Å². The lowest BCUT2D eigenvalue weighted by molar-refractivity contribution is 0.306. The van der Waals surface area contributed by atoms with Crippen LogP contribution in [-0.2, 0) is 6.61 Å². The SMILES string of the molecule is CCC(C)CC1CC=C(c2ccc(-c3ccc(OCc4ccccc4)cc3)cc2)CC1. The van der Waals surface area contributed by atoms with Crippen LogP contribution in [0.4, 0.5) is 0 Å². The maximum Gasteiger partial charge on any atom is 0.119 e. The number of ether oxygens (including phenoxy) is 1. The van der Waals surface area contributed by atoms with Crippen molar-refractivity contribution in [2.75, 3.05) is 0 Å². The van der Waals surface area contributed by atoms with E-state index in [4.69, 9.17) is 4.74 Å². The first kappa shape index (κ1) is 21.4. The van der Waals surface area contributed by atoms with Gasteiger partial charge in [0, 0.05) is 0 Å². The molecular formula is C30H34O. The zero-order valence-electron chi connectivity index (χ0n) is 18.9. The Morgan fingerprint density at radius 1 is 0.839 bits per heavy atom. The summed E-state index contributed by atoms with van der Waals surface area (Å²) in [6.07, 6.45) is 8.96. The number of benzene rings is 3. The first-order chi connectivity index (χ1) is 15.2. The minimum atomic E-state index is 0.599. The van der Waals surface area contributed by atoms with Gasteiger partial charge in [-0.25, -0.2) is 0 Å². The standard InChI is InChI=1S/C30H34O/c1-3-23(2)21-24-9-11-26(12-10-24)27-13-15-28(16-14-27)29-17-19-30(20-18-29)31-22-25-7-5-4-6-8-25/h4-8,11,13-20,23-24H,3,9-10,12,21-22H2,1-2H3. The third kappa shape index (κ3) is 5.88. The highest BCUT2D eigenvalue weighted by Gasteiger charge is 2.17. The van der Waals surface area contributed by atoms with Gasteiger partial charge >= 0.3 is 0 Å². The molecule has 1 nitrogen and oxygen atoms in total. The molecule has 31 heavy (non-hydrogen) atoms. The number of hydrogen-bond acceptors (Lipinski definition) is 1. The summed E-state index contributed by atoms with van der Waals surface area (Å²) in [6, 6.07) is 27.8. The summed E-state index contributed by atoms with van der Waals surface area (Å²) in [5.41, 5.74) is 6.57. The summed E-state index contributed by atoms with van der Waals surface area (Å²) in [6.45, 7) is 5.30. The van der Waals surface area contributed by atoms with Crippen molar-refractivity contribution in [3.8, 4) is 16.9 Å². The molecule has 0 saturated heterocycles. The summed E-state index contributed by atoms with van der Waals surface area (Å²) < 4.78 is 5.91. The number of hydrogen-bond donors (Lipinski definition) is 0. The Balaban J connectivity index is 1.35. The minimum Gasteiger partial charge on any atom is -0.489 e. The van der Waals surface area contributed by atoms with Crippen molar-refractivity contribution in [2.24, 2.45) is 11.8 Å². The van der Waals surface area contributed by atoms with E-state index in [2.05, 4.69) is 80.6 Å². The molecule has 4 rings (SSSR count). The molecule has 0 spiro atoms. The minimum absolute atomic E-state index is 0.599. The van der Waals surface area contributed by atoms with Crippen LogP contribution in [0.3, 0.4) is 0 Å². The van der Waals surface area contributed by atoms with Crippen molar-refractivity contribution >= 4 is 5.57 Å². The predicted molar refractivity (Wildman–Crippen MR) is 132 cm³/mol. The van der Waals surface area contributed by atoms with Gasteiger partial charge in [-0.2, -0.15) is 0 Å². The van der Waals surface area contributed by atoms with E-state index in [1.807, 2.05) is 18.2 Å². The Bertz CT molecular complexity index is 967. The Morgan fingerprint density at radius 3 is 2.10 bits per heavy atom. The van der Waals surface area contributed by atoms with Gasteiger partial charge in [0.25, 0.3) is 0 Å². The molecule has 1 heteroatoms. The highest BCUT2D eigenvalue weighted by molar-refractivity contribution is 5.71. The van der Waals surface area contributed by atoms with Gasteiger partial charge in [0.15, 0.2) is 0 Å². The van der Waals surface area contributed by atoms with Gasteiger partial charge in [-0.15, -0.1) is 0 Å². The molecule has 0 aromatic heterocycles. The zero-order valence-corrected chi connectivity index (χ0v) is 18.9. The van der Waals surface area contributed by atoms with Crippen LogP contribution in [0, 0.1) is 11.8 Å². The van der Waals surface area contributed by atoms with Gasteiger partial charge in [-0.1, -0.05) is 93.1 Å². The summed E-state index contributed by atoms with van der Waals surface area (Å²) in [4.78, 5) is 0. The molecule has 0 heterocycles. The summed E-state index contributed by atoms with van der Waals surface area (Å²) in [5, 5.41) is 0. The van der Waals surface area contributed by atoms with E-state index >= 15 is 0 Å². The normalized spacial score (nSPS) is 17.1. The highest BCUT2D eigenvalue weighted by Crippen LogP contribution is 2.34. The molecule has 2 atom stereocenters. The van der Waals surface area contributed by atoms with Crippen molar-refractivity contribution in [3.63, 3.8) is 0 Å². The van der Waals surface area contributed by atoms with Crippen LogP contribution in [0.5, 0.6) is 5.75 Å². The lowest BCUT2D eigenvalue weighted by Crippen LogP contribution is -2.09. The van der Waals surface area contributed by atoms with Crippen molar-refractivity contribution in [1.29, 1.82) is 0 Å². The first-order valence-electron chi connectivity index (χ1n) is 11.8. The van der Waals surface area contributed by atoms with Crippen LogP contribution in [-0.4, -0.2) is 0 Å². The molecule has 2 unspecified atom stereocenters. The molecule has 0 N–H and O–H groups in total. The average Bonchev–Trinajstić information content (AvgIpc) is 2.84. The molecule has 160 valence electrons. The summed E-state index contributed by atoms with van der Waals surface area (Å²) >= 11 is 0. The van der Waals surface area contributed by atoms with Gasteiger partial charge in [0.1, 0.15) is 12.4 Å². The fourth-order valence-corrected chi connectivity index (χ4v) is 4.46. The largest absolute Gasteiger partial charge is 0.489 e. The highest BCUT2D eigenvalue weighted by atomic mass is 16.5. The van der Waals surface area contributed by atoms with Crippen LogP contribution in [0.1, 0.15) is 57.1 Å². The predicted octanol–water partition coefficient (Wildman–Crippen LogP) is 8.55. The second-order valence-corrected chi connectivity index (χ2v) is 8.99. The number of rotatable bonds is 8. The molecule has 0 aliphatic heterocycles. The smallest absolute Gasteiger partial charge is 0.119 e. The van der Waals surface area contributed by atoms with E-state index < -0.39 is 0 Å². The molecule has 0 radical (unpaired) electrons. The molecule has 0 amide bonds. The van der Waals surface area contributed by atoms with E-state index in [-0.39, 0.29) is 0 Å². The van der Waals surface area contributed by atoms with E-state index in [0.717, 1.165) is 17.6 Å². The maximum atomic E-state index is 5.91. The first-order valence-corrected chi connectivity index (χ1v) is 11.8. The number of allylic oxidation sites excluding steroid dienone is 2. The monoisotopic (exact) mass is 410 g/mol. The van der Waals surface area contributed by atoms with Gasteiger partial charge in [-0.3, -0.25) is 0 Å². The molecule has 3 aromatic carbocycles. The lowest BCUT2D eigenvalue weighted by atomic mass is 9.81. The van der Waals surface area contributed by atoms with Crippen LogP contribution in [0.2, 0.25) is 0 Å². The second kappa shape index (κ2) is 10.5. The fraction of sp³-hybridized carbons (Fsp3) is 0.333. The average molecular weight is 411 g/mol. The maximum absolute atomic E-state index is 5.91. The van der Waals surface area contributed by atoms with Crippen molar-refractivity contribution < 1.29 is 4.74 Å². The molecule has 0 saturated carbocycles. The van der Waals surface area contributed by atoms with E-state index in [9.17, 15) is 0 Å². The fourth-order valence-electron chi connectivity index (χ4n) is 4.46. The summed E-state index contributed by atoms with van der Waals surface area (Å²) in [7, 11) is 0. The van der Waals surface area contributed by atoms with Crippen molar-refractivity contribution in [1.82, 2.24) is 0 Å². The Kier molecular flexibility index (Phi) is 7.25. The van der Waals surface area contributed by atoms with Gasteiger partial charge in [0.05, 0.1) is 0 Å². The third-order valence-electron chi connectivity index (χ3n) is 6.64. The quantitative estimate of drug-likeness (QED) is 0.361. The Labute approximate surface area is 187 Å². The van der Waals surface area contributed by atoms with Crippen LogP contribution in [0.15, 0.2) is 84.9 Å². The van der Waals surface area contributed by atoms with Crippen LogP contribution >= 0.6 is 0 Å². The molecular weight excluding hydrogens is 376 g/mol. The molecule has 1 aliphatic rings. The van der Waals surface area contributed by atoms with E-state index in [1.165, 1.54) is 59.9 Å². The van der Waals surface area contributed by atoms with Crippen LogP contribution < -0.4 is 4.74 Å². The lowest BCUT2D eigenvalue weighted by Gasteiger charge is -2.24. The molecule has 0 bridgehead atoms. The van der Waals surface area contributed by atoms with Gasteiger partial charge < -0.3 is 4.74 Å². The van der Waals surface area contributed by atoms with Crippen molar-refractivity contribution in [3.05, 3.63) is 96.1 Å². The van der Waals surface area contributed by atoms with E-state index in [0.29, 0.717) is 6.61 Å². The molecule has 3 aromatic rings. The van der Waals surface area contributed by atoms with Crippen LogP contribution in [0.25, 0.3) is 16.7 Å². The Hall–Kier alpha value is -2.80. The van der Waals surface area contributed by atoms with Gasteiger partial charge in [0.2, 0.25) is 0 Å². The molecule has 0 fully saturated rings. The van der Waals surface area contributed by atoms with E-state index in [1.54, 1.807) is 0 Å². The topological polar surface area (TPSA) is 9.23 Å².